The third-order valence-corrected chi connectivity index (χ3v) is 12.4. The third-order valence-electron chi connectivity index (χ3n) is 11.3. The second kappa shape index (κ2) is 20.9. The van der Waals surface area contributed by atoms with E-state index in [1.165, 1.54) is 10.4 Å². The molecule has 2 aliphatic rings. The van der Waals surface area contributed by atoms with Gasteiger partial charge < -0.3 is 20.3 Å². The van der Waals surface area contributed by atoms with Gasteiger partial charge in [-0.2, -0.15) is 0 Å². The molecule has 2 amide bonds. The van der Waals surface area contributed by atoms with Crippen LogP contribution in [0.25, 0.3) is 53.9 Å². The van der Waals surface area contributed by atoms with Crippen molar-refractivity contribution >= 4 is 55.5 Å². The first-order valence-corrected chi connectivity index (χ1v) is 22.9. The highest BCUT2D eigenvalue weighted by atomic mass is 32.1. The number of fused-ring (bicyclic) bond motifs is 4. The Balaban J connectivity index is 0.754. The van der Waals surface area contributed by atoms with Crippen molar-refractivity contribution in [2.45, 2.75) is 58.9 Å². The Labute approximate surface area is 377 Å². The molecule has 0 fully saturated rings. The number of rotatable bonds is 19. The molecule has 6 aromatic rings. The monoisotopic (exact) mass is 871 g/mol. The maximum atomic E-state index is 12.8. The van der Waals surface area contributed by atoms with E-state index in [1.54, 1.807) is 29.3 Å². The second-order valence-corrected chi connectivity index (χ2v) is 16.8. The Morgan fingerprint density at radius 3 is 2.39 bits per heavy atom. The Hall–Kier alpha value is -6.99. The predicted molar refractivity (Wildman–Crippen MR) is 258 cm³/mol. The van der Waals surface area contributed by atoms with Gasteiger partial charge in [0.2, 0.25) is 17.7 Å². The fraction of sp³-hybridized carbons (Fsp3) is 0.275. The summed E-state index contributed by atoms with van der Waals surface area (Å²) in [6.45, 7) is 8.18. The van der Waals surface area contributed by atoms with E-state index in [-0.39, 0.29) is 24.7 Å². The quantitative estimate of drug-likeness (QED) is 0.0465. The largest absolute Gasteiger partial charge is 0.481 e. The van der Waals surface area contributed by atoms with Gasteiger partial charge in [-0.3, -0.25) is 14.6 Å². The average Bonchev–Trinajstić information content (AvgIpc) is 3.80. The summed E-state index contributed by atoms with van der Waals surface area (Å²) in [5, 5.41) is 17.9. The first-order valence-electron chi connectivity index (χ1n) is 22.1. The first kappa shape index (κ1) is 43.7. The fourth-order valence-corrected chi connectivity index (χ4v) is 8.88. The molecule has 8 rings (SSSR count). The van der Waals surface area contributed by atoms with Gasteiger partial charge in [-0.05, 0) is 80.3 Å². The number of anilines is 2. The number of methoxy groups -OCH3 is 1. The summed E-state index contributed by atoms with van der Waals surface area (Å²) >= 11 is 1.78. The Morgan fingerprint density at radius 2 is 1.59 bits per heavy atom. The molecule has 0 saturated carbocycles. The van der Waals surface area contributed by atoms with Gasteiger partial charge in [-0.25, -0.2) is 14.6 Å². The SMILES string of the molecule is CCN(CC)c1ccc2nc3c4ccccc4c(=NCCCCCCNC(=O)CCC(=O)Nc4cccc(-c5cn(Cc6ccc(-c7ccc(OC)nc7)cc6)nn5)c4)cc-3sc2c1. The fourth-order valence-electron chi connectivity index (χ4n) is 7.82. The lowest BCUT2D eigenvalue weighted by Crippen LogP contribution is -2.25. The molecule has 0 bridgehead atoms. The van der Waals surface area contributed by atoms with E-state index in [0.29, 0.717) is 30.4 Å². The minimum atomic E-state index is -0.220. The van der Waals surface area contributed by atoms with Gasteiger partial charge in [0.05, 0.1) is 46.0 Å². The van der Waals surface area contributed by atoms with Crippen LogP contribution in [0.15, 0.2) is 127 Å². The number of carbonyl (C=O) groups is 2. The standard InChI is InChI=1S/C51H53N9O3S/c1-4-59(5-2)40-22-23-43-46(30-40)64-47-31-44(41-15-8-9-16-42(41)51(47)56-43)52-27-10-6-7-11-28-53-48(61)24-25-49(62)55-39-14-12-13-37(29-39)45-34-60(58-57-45)33-35-17-19-36(20-18-35)38-21-26-50(63-3)54-32-38/h8-9,12-23,26,29-32,34H,4-7,10-11,24-25,27-28,33H2,1-3H3,(H,53,61)(H,55,62). The van der Waals surface area contributed by atoms with Crippen LogP contribution in [0.1, 0.15) is 57.9 Å². The smallest absolute Gasteiger partial charge is 0.224 e. The van der Waals surface area contributed by atoms with Crippen molar-refractivity contribution in [3.05, 3.63) is 133 Å². The summed E-state index contributed by atoms with van der Waals surface area (Å²) in [6, 6.07) is 36.7. The molecule has 0 saturated heterocycles. The topological polar surface area (TPSA) is 140 Å². The van der Waals surface area contributed by atoms with Crippen molar-refractivity contribution in [1.82, 2.24) is 30.3 Å². The molecule has 0 unspecified atom stereocenters. The number of hydrogen-bond acceptors (Lipinski definition) is 10. The number of aromatic nitrogens is 5. The Morgan fingerprint density at radius 1 is 0.797 bits per heavy atom. The van der Waals surface area contributed by atoms with Crippen LogP contribution in [0.5, 0.6) is 5.88 Å². The van der Waals surface area contributed by atoms with Crippen LogP contribution in [0, 0.1) is 0 Å². The maximum Gasteiger partial charge on any atom is 0.224 e. The number of nitrogens with zero attached hydrogens (tertiary/aromatic N) is 7. The van der Waals surface area contributed by atoms with Gasteiger partial charge in [-0.15, -0.1) is 16.4 Å². The van der Waals surface area contributed by atoms with E-state index in [4.69, 9.17) is 14.7 Å². The van der Waals surface area contributed by atoms with Crippen molar-refractivity contribution in [3.8, 4) is 38.8 Å². The number of pyridine rings is 1. The molecule has 0 radical (unpaired) electrons. The van der Waals surface area contributed by atoms with Crippen molar-refractivity contribution < 1.29 is 14.3 Å². The van der Waals surface area contributed by atoms with Gasteiger partial charge >= 0.3 is 0 Å². The number of unbranched alkanes of at least 4 members (excludes halogenated alkanes) is 3. The lowest BCUT2D eigenvalue weighted by molar-refractivity contribution is -0.124. The molecule has 12 nitrogen and oxygen atoms in total. The first-order chi connectivity index (χ1) is 31.4. The van der Waals surface area contributed by atoms with E-state index < -0.39 is 0 Å². The van der Waals surface area contributed by atoms with Crippen molar-refractivity contribution in [1.29, 1.82) is 0 Å². The van der Waals surface area contributed by atoms with E-state index in [9.17, 15) is 9.59 Å². The highest BCUT2D eigenvalue weighted by Gasteiger charge is 2.15. The molecule has 1 aliphatic heterocycles. The minimum Gasteiger partial charge on any atom is -0.481 e. The van der Waals surface area contributed by atoms with Crippen LogP contribution >= 0.6 is 11.3 Å². The van der Waals surface area contributed by atoms with E-state index in [0.717, 1.165) is 99.8 Å². The predicted octanol–water partition coefficient (Wildman–Crippen LogP) is 9.77. The Kier molecular flexibility index (Phi) is 14.3. The third kappa shape index (κ3) is 10.8. The summed E-state index contributed by atoms with van der Waals surface area (Å²) < 4.78 is 8.12. The maximum absolute atomic E-state index is 12.8. The molecule has 64 heavy (non-hydrogen) atoms. The second-order valence-electron chi connectivity index (χ2n) is 15.7. The van der Waals surface area contributed by atoms with Crippen molar-refractivity contribution in [3.63, 3.8) is 0 Å². The molecule has 2 N–H and O–H groups in total. The molecule has 0 atom stereocenters. The zero-order valence-electron chi connectivity index (χ0n) is 36.6. The lowest BCUT2D eigenvalue weighted by atomic mass is 10.1. The van der Waals surface area contributed by atoms with E-state index >= 15 is 0 Å². The van der Waals surface area contributed by atoms with Gasteiger partial charge in [0.25, 0.3) is 0 Å². The molecule has 13 heteroatoms. The summed E-state index contributed by atoms with van der Waals surface area (Å²) in [6.07, 6.45) is 7.74. The lowest BCUT2D eigenvalue weighted by Gasteiger charge is -2.21. The molecule has 3 heterocycles. The number of amides is 2. The highest BCUT2D eigenvalue weighted by Crippen LogP contribution is 2.36. The van der Waals surface area contributed by atoms with Gasteiger partial charge in [0, 0.05) is 84.6 Å². The zero-order chi connectivity index (χ0) is 44.3. The zero-order valence-corrected chi connectivity index (χ0v) is 37.4. The molecular formula is C51H53N9O3S. The van der Waals surface area contributed by atoms with Crippen LogP contribution in [0.3, 0.4) is 0 Å². The van der Waals surface area contributed by atoms with Crippen molar-refractivity contribution in [2.75, 3.05) is 43.5 Å². The van der Waals surface area contributed by atoms with Crippen molar-refractivity contribution in [2.24, 2.45) is 4.99 Å². The van der Waals surface area contributed by atoms with Gasteiger partial charge in [0.15, 0.2) is 0 Å². The minimum absolute atomic E-state index is 0.0926. The van der Waals surface area contributed by atoms with Crippen LogP contribution in [-0.2, 0) is 16.1 Å². The number of benzene rings is 5. The van der Waals surface area contributed by atoms with E-state index in [2.05, 4.69) is 117 Å². The number of ether oxygens (including phenoxy) is 1. The van der Waals surface area contributed by atoms with Crippen LogP contribution < -0.4 is 25.6 Å². The summed E-state index contributed by atoms with van der Waals surface area (Å²) in [5.74, 6) is 0.235. The van der Waals surface area contributed by atoms with Crippen LogP contribution in [0.4, 0.5) is 11.4 Å². The molecule has 0 spiro atoms. The molecule has 4 aromatic carbocycles. The van der Waals surface area contributed by atoms with E-state index in [1.807, 2.05) is 42.6 Å². The molecule has 1 aliphatic carbocycles. The van der Waals surface area contributed by atoms with Gasteiger partial charge in [-0.1, -0.05) is 78.7 Å². The average molecular weight is 872 g/mol. The number of nitrogens with one attached hydrogen (secondary N) is 2. The van der Waals surface area contributed by atoms with Crippen LogP contribution in [-0.4, -0.2) is 70.1 Å². The molecular weight excluding hydrogens is 819 g/mol. The molecule has 326 valence electrons. The summed E-state index contributed by atoms with van der Waals surface area (Å²) in [5.41, 5.74) is 8.58. The molecule has 2 aromatic heterocycles. The number of carbonyl (C=O) groups excluding carboxylic acids is 2. The summed E-state index contributed by atoms with van der Waals surface area (Å²) in [7, 11) is 1.60. The number of hydrogen-bond donors (Lipinski definition) is 2. The van der Waals surface area contributed by atoms with Crippen LogP contribution in [0.2, 0.25) is 0 Å². The van der Waals surface area contributed by atoms with Gasteiger partial charge in [0.1, 0.15) is 5.69 Å². The highest BCUT2D eigenvalue weighted by molar-refractivity contribution is 7.21. The summed E-state index contributed by atoms with van der Waals surface area (Å²) in [4.78, 5) is 43.3. The Bertz CT molecular complexity index is 2890. The normalized spacial score (nSPS) is 11.6.